The highest BCUT2D eigenvalue weighted by Gasteiger charge is 2.14. The first-order valence-electron chi connectivity index (χ1n) is 8.67. The highest BCUT2D eigenvalue weighted by atomic mass is 16.6. The number of carbonyl (C=O) groups excluding carboxylic acids is 1. The van der Waals surface area contributed by atoms with Crippen molar-refractivity contribution in [2.45, 2.75) is 12.8 Å². The smallest absolute Gasteiger partial charge is 0.269 e. The molecule has 1 heterocycles. The maximum absolute atomic E-state index is 11.8. The van der Waals surface area contributed by atoms with Crippen molar-refractivity contribution >= 4 is 17.8 Å². The summed E-state index contributed by atoms with van der Waals surface area (Å²) >= 11 is 0. The Morgan fingerprint density at radius 2 is 1.70 bits per heavy atom. The van der Waals surface area contributed by atoms with Crippen LogP contribution < -0.4 is 10.2 Å². The van der Waals surface area contributed by atoms with Crippen molar-refractivity contribution in [2.24, 2.45) is 5.10 Å². The molecule has 0 bridgehead atoms. The molecular formula is C19H20N4O4. The Bertz CT molecular complexity index is 813. The molecule has 0 spiro atoms. The fourth-order valence-electron chi connectivity index (χ4n) is 2.75. The van der Waals surface area contributed by atoms with E-state index in [1.54, 1.807) is 42.6 Å². The van der Waals surface area contributed by atoms with Crippen LogP contribution >= 0.6 is 0 Å². The SMILES string of the molecule is O=C(CN1CCCC1)N/N=C/c1ccc(Oc2ccc([N+](=O)[O-])cc2)cc1. The van der Waals surface area contributed by atoms with E-state index in [0.717, 1.165) is 31.5 Å². The molecule has 27 heavy (non-hydrogen) atoms. The molecule has 0 aromatic heterocycles. The number of nitro benzene ring substituents is 1. The lowest BCUT2D eigenvalue weighted by molar-refractivity contribution is -0.384. The number of rotatable bonds is 7. The molecule has 0 saturated carbocycles. The predicted molar refractivity (Wildman–Crippen MR) is 101 cm³/mol. The lowest BCUT2D eigenvalue weighted by Crippen LogP contribution is -2.33. The number of benzene rings is 2. The number of amides is 1. The van der Waals surface area contributed by atoms with Gasteiger partial charge in [-0.15, -0.1) is 0 Å². The van der Waals surface area contributed by atoms with Crippen LogP contribution in [-0.4, -0.2) is 41.6 Å². The zero-order valence-corrected chi connectivity index (χ0v) is 14.7. The van der Waals surface area contributed by atoms with Crippen molar-refractivity contribution < 1.29 is 14.5 Å². The number of ether oxygens (including phenoxy) is 1. The van der Waals surface area contributed by atoms with E-state index in [1.165, 1.54) is 12.1 Å². The number of nitro groups is 1. The van der Waals surface area contributed by atoms with Crippen LogP contribution in [0.4, 0.5) is 5.69 Å². The zero-order valence-electron chi connectivity index (χ0n) is 14.7. The zero-order chi connectivity index (χ0) is 19.1. The van der Waals surface area contributed by atoms with Gasteiger partial charge in [-0.25, -0.2) is 5.43 Å². The number of carbonyl (C=O) groups is 1. The van der Waals surface area contributed by atoms with E-state index in [2.05, 4.69) is 15.4 Å². The summed E-state index contributed by atoms with van der Waals surface area (Å²) in [5.41, 5.74) is 3.36. The minimum absolute atomic E-state index is 0.0145. The average Bonchev–Trinajstić information content (AvgIpc) is 3.16. The summed E-state index contributed by atoms with van der Waals surface area (Å²) in [6.07, 6.45) is 3.85. The number of hydrazone groups is 1. The normalized spacial score (nSPS) is 14.4. The molecule has 8 heteroatoms. The van der Waals surface area contributed by atoms with Gasteiger partial charge >= 0.3 is 0 Å². The summed E-state index contributed by atoms with van der Waals surface area (Å²) in [4.78, 5) is 24.1. The van der Waals surface area contributed by atoms with Crippen LogP contribution in [-0.2, 0) is 4.79 Å². The molecule has 0 atom stereocenters. The molecule has 0 aliphatic carbocycles. The molecule has 0 radical (unpaired) electrons. The summed E-state index contributed by atoms with van der Waals surface area (Å²) in [5, 5.41) is 14.6. The highest BCUT2D eigenvalue weighted by molar-refractivity contribution is 5.83. The molecule has 2 aromatic carbocycles. The predicted octanol–water partition coefficient (Wildman–Crippen LogP) is 2.93. The van der Waals surface area contributed by atoms with Gasteiger partial charge < -0.3 is 4.74 Å². The van der Waals surface area contributed by atoms with Gasteiger partial charge in [-0.2, -0.15) is 5.10 Å². The molecule has 1 amide bonds. The second-order valence-electron chi connectivity index (χ2n) is 6.20. The van der Waals surface area contributed by atoms with E-state index < -0.39 is 4.92 Å². The topological polar surface area (TPSA) is 97.1 Å². The summed E-state index contributed by atoms with van der Waals surface area (Å²) in [5.74, 6) is 0.988. The van der Waals surface area contributed by atoms with Crippen molar-refractivity contribution in [1.82, 2.24) is 10.3 Å². The first-order valence-corrected chi connectivity index (χ1v) is 8.67. The fraction of sp³-hybridized carbons (Fsp3) is 0.263. The first kappa shape index (κ1) is 18.5. The molecule has 1 aliphatic rings. The second kappa shape index (κ2) is 8.91. The fourth-order valence-corrected chi connectivity index (χ4v) is 2.75. The van der Waals surface area contributed by atoms with Crippen molar-refractivity contribution in [3.63, 3.8) is 0 Å². The van der Waals surface area contributed by atoms with Gasteiger partial charge in [0, 0.05) is 12.1 Å². The van der Waals surface area contributed by atoms with Crippen molar-refractivity contribution in [1.29, 1.82) is 0 Å². The third-order valence-corrected chi connectivity index (χ3v) is 4.13. The maximum atomic E-state index is 11.8. The Morgan fingerprint density at radius 3 is 2.30 bits per heavy atom. The molecular weight excluding hydrogens is 348 g/mol. The van der Waals surface area contributed by atoms with Gasteiger partial charge in [0.25, 0.3) is 11.6 Å². The average molecular weight is 368 g/mol. The minimum atomic E-state index is -0.457. The van der Waals surface area contributed by atoms with Gasteiger partial charge in [0.2, 0.25) is 0 Å². The van der Waals surface area contributed by atoms with Crippen molar-refractivity contribution in [3.8, 4) is 11.5 Å². The number of hydrogen-bond acceptors (Lipinski definition) is 6. The Hall–Kier alpha value is -3.26. The van der Waals surface area contributed by atoms with Gasteiger partial charge in [-0.1, -0.05) is 0 Å². The van der Waals surface area contributed by atoms with Crippen LogP contribution in [0, 0.1) is 10.1 Å². The maximum Gasteiger partial charge on any atom is 0.269 e. The van der Waals surface area contributed by atoms with Gasteiger partial charge in [0.1, 0.15) is 11.5 Å². The Labute approximate surface area is 156 Å². The van der Waals surface area contributed by atoms with Gasteiger partial charge in [-0.3, -0.25) is 19.8 Å². The highest BCUT2D eigenvalue weighted by Crippen LogP contribution is 2.23. The first-order chi connectivity index (χ1) is 13.1. The summed E-state index contributed by atoms with van der Waals surface area (Å²) in [6.45, 7) is 2.31. The van der Waals surface area contributed by atoms with Crippen LogP contribution in [0.5, 0.6) is 11.5 Å². The summed E-state index contributed by atoms with van der Waals surface area (Å²) < 4.78 is 5.64. The van der Waals surface area contributed by atoms with Crippen molar-refractivity contribution in [3.05, 3.63) is 64.2 Å². The largest absolute Gasteiger partial charge is 0.457 e. The molecule has 2 aromatic rings. The lowest BCUT2D eigenvalue weighted by atomic mass is 10.2. The number of hydrogen-bond donors (Lipinski definition) is 1. The molecule has 3 rings (SSSR count). The Morgan fingerprint density at radius 1 is 1.11 bits per heavy atom. The van der Waals surface area contributed by atoms with Gasteiger partial charge in [-0.05, 0) is 67.9 Å². The molecule has 1 aliphatic heterocycles. The quantitative estimate of drug-likeness (QED) is 0.460. The minimum Gasteiger partial charge on any atom is -0.457 e. The van der Waals surface area contributed by atoms with Crippen molar-refractivity contribution in [2.75, 3.05) is 19.6 Å². The third-order valence-electron chi connectivity index (χ3n) is 4.13. The monoisotopic (exact) mass is 368 g/mol. The molecule has 0 unspecified atom stereocenters. The molecule has 8 nitrogen and oxygen atoms in total. The second-order valence-corrected chi connectivity index (χ2v) is 6.20. The van der Waals surface area contributed by atoms with E-state index in [4.69, 9.17) is 4.74 Å². The van der Waals surface area contributed by atoms with E-state index in [-0.39, 0.29) is 11.6 Å². The van der Waals surface area contributed by atoms with Gasteiger partial charge in [0.05, 0.1) is 17.7 Å². The van der Waals surface area contributed by atoms with Crippen LogP contribution in [0.25, 0.3) is 0 Å². The van der Waals surface area contributed by atoms with Crippen LogP contribution in [0.15, 0.2) is 53.6 Å². The Balaban J connectivity index is 1.49. The van der Waals surface area contributed by atoms with E-state index in [1.807, 2.05) is 0 Å². The van der Waals surface area contributed by atoms with Gasteiger partial charge in [0.15, 0.2) is 0 Å². The summed E-state index contributed by atoms with van der Waals surface area (Å²) in [6, 6.07) is 13.0. The lowest BCUT2D eigenvalue weighted by Gasteiger charge is -2.12. The van der Waals surface area contributed by atoms with E-state index in [9.17, 15) is 14.9 Å². The van der Waals surface area contributed by atoms with E-state index in [0.29, 0.717) is 18.0 Å². The molecule has 1 N–H and O–H groups in total. The third kappa shape index (κ3) is 5.61. The Kier molecular flexibility index (Phi) is 6.11. The molecule has 140 valence electrons. The molecule has 1 saturated heterocycles. The number of non-ortho nitro benzene ring substituents is 1. The van der Waals surface area contributed by atoms with Crippen LogP contribution in [0.1, 0.15) is 18.4 Å². The summed E-state index contributed by atoms with van der Waals surface area (Å²) in [7, 11) is 0. The number of nitrogens with one attached hydrogen (secondary N) is 1. The van der Waals surface area contributed by atoms with Crippen LogP contribution in [0.3, 0.4) is 0 Å². The number of likely N-dealkylation sites (tertiary alicyclic amines) is 1. The molecule has 1 fully saturated rings. The standard InChI is InChI=1S/C19H20N4O4/c24-19(14-22-11-1-2-12-22)21-20-13-15-3-7-17(8-4-15)27-18-9-5-16(6-10-18)23(25)26/h3-10,13H,1-2,11-12,14H2,(H,21,24)/b20-13+. The van der Waals surface area contributed by atoms with E-state index >= 15 is 0 Å². The number of nitrogens with zero attached hydrogens (tertiary/aromatic N) is 3. The van der Waals surface area contributed by atoms with Crippen LogP contribution in [0.2, 0.25) is 0 Å².